The Morgan fingerprint density at radius 2 is 1.57 bits per heavy atom. The van der Waals surface area contributed by atoms with Gasteiger partial charge in [-0.05, 0) is 44.5 Å². The normalized spacial score (nSPS) is 13.3. The third kappa shape index (κ3) is 17.9. The molecule has 0 N–H and O–H groups in total. The number of Topliss-reactive ketones (excluding diaryl/α,β-unsaturated/α-hetero) is 1. The van der Waals surface area contributed by atoms with Crippen LogP contribution < -0.4 is 0 Å². The number of ketones is 1. The number of hydrogen-bond acceptors (Lipinski definition) is 4. The van der Waals surface area contributed by atoms with Crippen molar-refractivity contribution in [3.05, 3.63) is 0 Å². The van der Waals surface area contributed by atoms with Crippen molar-refractivity contribution in [2.24, 2.45) is 0 Å². The first-order valence-electron chi connectivity index (χ1n) is 7.52. The van der Waals surface area contributed by atoms with E-state index in [1.54, 1.807) is 0 Å². The maximum Gasteiger partial charge on any atom is 0.181 e. The maximum absolute atomic E-state index is 11.5. The van der Waals surface area contributed by atoms with E-state index in [0.29, 0.717) is 17.0 Å². The van der Waals surface area contributed by atoms with Gasteiger partial charge >= 0.3 is 0 Å². The van der Waals surface area contributed by atoms with Gasteiger partial charge in [0.2, 0.25) is 0 Å². The minimum Gasteiger partial charge on any atom is -0.748 e. The zero-order valence-electron chi connectivity index (χ0n) is 14.4. The van der Waals surface area contributed by atoms with Crippen LogP contribution in [0.4, 0.5) is 0 Å². The molecule has 21 heavy (non-hydrogen) atoms. The molecule has 1 atom stereocenters. The van der Waals surface area contributed by atoms with Crippen LogP contribution in [0.15, 0.2) is 0 Å². The Labute approximate surface area is 134 Å². The molecule has 0 heterocycles. The van der Waals surface area contributed by atoms with E-state index in [0.717, 1.165) is 31.4 Å². The Morgan fingerprint density at radius 3 is 1.86 bits per heavy atom. The molecule has 0 aliphatic carbocycles. The number of unbranched alkanes of at least 4 members (excludes halogenated alkanes) is 2. The fraction of sp³-hybridized carbons (Fsp3) is 0.933. The van der Waals surface area contributed by atoms with Crippen molar-refractivity contribution in [3.63, 3.8) is 0 Å². The Hall–Kier alpha value is -0.0700. The van der Waals surface area contributed by atoms with Crippen LogP contribution in [0.25, 0.3) is 0 Å². The van der Waals surface area contributed by atoms with E-state index in [2.05, 4.69) is 34.0 Å². The summed E-state index contributed by atoms with van der Waals surface area (Å²) in [5.74, 6) is 1.01. The van der Waals surface area contributed by atoms with Crippen molar-refractivity contribution in [1.82, 2.24) is 0 Å². The van der Waals surface area contributed by atoms with Gasteiger partial charge in [0, 0.05) is 12.2 Å². The summed E-state index contributed by atoms with van der Waals surface area (Å²) in [6.07, 6.45) is 6.39. The van der Waals surface area contributed by atoms with Gasteiger partial charge in [0.1, 0.15) is 4.75 Å². The summed E-state index contributed by atoms with van der Waals surface area (Å²) in [5, 5.41) is 0. The lowest BCUT2D eigenvalue weighted by molar-refractivity contribution is -0.116. The SMILES string of the molecule is CCCCC(=O)C[S+](C)C(C)(C)C.CCCCS(=O)(=O)[O-]. The molecule has 0 saturated carbocycles. The average molecular weight is 341 g/mol. The molecule has 0 aromatic carbocycles. The molecule has 0 rings (SSSR count). The van der Waals surface area contributed by atoms with E-state index in [4.69, 9.17) is 0 Å². The average Bonchev–Trinajstić information content (AvgIpc) is 2.32. The van der Waals surface area contributed by atoms with E-state index in [-0.39, 0.29) is 16.6 Å². The predicted molar refractivity (Wildman–Crippen MR) is 91.9 cm³/mol. The lowest BCUT2D eigenvalue weighted by atomic mass is 10.2. The second-order valence-corrected chi connectivity index (χ2v) is 10.5. The van der Waals surface area contributed by atoms with Gasteiger partial charge in [-0.25, -0.2) is 8.42 Å². The van der Waals surface area contributed by atoms with Gasteiger partial charge in [-0.15, -0.1) is 0 Å². The van der Waals surface area contributed by atoms with Crippen LogP contribution in [0, 0.1) is 0 Å². The number of rotatable bonds is 8. The highest BCUT2D eigenvalue weighted by Crippen LogP contribution is 2.17. The Bertz CT molecular complexity index is 370. The van der Waals surface area contributed by atoms with Crippen LogP contribution in [0.2, 0.25) is 0 Å². The van der Waals surface area contributed by atoms with Crippen molar-refractivity contribution in [2.45, 2.75) is 71.5 Å². The van der Waals surface area contributed by atoms with Gasteiger partial charge < -0.3 is 4.55 Å². The monoisotopic (exact) mass is 340 g/mol. The fourth-order valence-electron chi connectivity index (χ4n) is 1.23. The van der Waals surface area contributed by atoms with Crippen molar-refractivity contribution in [1.29, 1.82) is 0 Å². The molecule has 0 spiro atoms. The first kappa shape index (κ1) is 23.2. The molecule has 0 radical (unpaired) electrons. The minimum absolute atomic E-state index is 0.219. The lowest BCUT2D eigenvalue weighted by Crippen LogP contribution is -2.32. The van der Waals surface area contributed by atoms with Crippen LogP contribution in [0.5, 0.6) is 0 Å². The molecular weight excluding hydrogens is 308 g/mol. The van der Waals surface area contributed by atoms with Gasteiger partial charge in [0.05, 0.1) is 16.4 Å². The van der Waals surface area contributed by atoms with Crippen LogP contribution in [0.1, 0.15) is 66.7 Å². The molecule has 0 amide bonds. The highest BCUT2D eigenvalue weighted by Gasteiger charge is 2.31. The highest BCUT2D eigenvalue weighted by atomic mass is 32.2. The lowest BCUT2D eigenvalue weighted by Gasteiger charge is -2.17. The standard InChI is InChI=1S/C11H23OS.C4H10O3S/c1-6-7-8-10(12)9-13(5)11(2,3)4;1-2-3-4-8(5,6)7/h6-9H2,1-5H3;2-4H2,1H3,(H,5,6,7)/q+1;/p-1. The topological polar surface area (TPSA) is 74.3 Å². The van der Waals surface area contributed by atoms with Gasteiger partial charge in [0.15, 0.2) is 11.5 Å². The quantitative estimate of drug-likeness (QED) is 0.502. The highest BCUT2D eigenvalue weighted by molar-refractivity contribution is 7.98. The van der Waals surface area contributed by atoms with Crippen molar-refractivity contribution in [3.8, 4) is 0 Å². The van der Waals surface area contributed by atoms with Crippen LogP contribution in [-0.2, 0) is 25.8 Å². The predicted octanol–water partition coefficient (Wildman–Crippen LogP) is 3.12. The Kier molecular flexibility index (Phi) is 12.7. The van der Waals surface area contributed by atoms with Gasteiger partial charge in [-0.1, -0.05) is 26.7 Å². The molecule has 0 saturated heterocycles. The molecule has 4 nitrogen and oxygen atoms in total. The van der Waals surface area contributed by atoms with E-state index >= 15 is 0 Å². The zero-order valence-corrected chi connectivity index (χ0v) is 16.0. The zero-order chi connectivity index (χ0) is 17.1. The molecule has 0 aromatic rings. The third-order valence-electron chi connectivity index (χ3n) is 2.98. The first-order valence-corrected chi connectivity index (χ1v) is 10.9. The largest absolute Gasteiger partial charge is 0.748 e. The van der Waals surface area contributed by atoms with Crippen LogP contribution in [-0.4, -0.2) is 41.3 Å². The summed E-state index contributed by atoms with van der Waals surface area (Å²) in [5.41, 5.74) is 0. The summed E-state index contributed by atoms with van der Waals surface area (Å²) in [4.78, 5) is 11.5. The van der Waals surface area contributed by atoms with Gasteiger partial charge in [-0.2, -0.15) is 0 Å². The molecular formula is C15H32O4S2. The smallest absolute Gasteiger partial charge is 0.181 e. The van der Waals surface area contributed by atoms with Crippen molar-refractivity contribution < 1.29 is 17.8 Å². The van der Waals surface area contributed by atoms with Crippen LogP contribution in [0.3, 0.4) is 0 Å². The van der Waals surface area contributed by atoms with Gasteiger partial charge in [-0.3, -0.25) is 4.79 Å². The van der Waals surface area contributed by atoms with Gasteiger partial charge in [0.25, 0.3) is 0 Å². The number of hydrogen-bond donors (Lipinski definition) is 0. The first-order chi connectivity index (χ1) is 9.44. The molecule has 128 valence electrons. The van der Waals surface area contributed by atoms with E-state index in [1.165, 1.54) is 0 Å². The van der Waals surface area contributed by atoms with Crippen molar-refractivity contribution in [2.75, 3.05) is 17.8 Å². The van der Waals surface area contributed by atoms with Crippen molar-refractivity contribution >= 4 is 26.8 Å². The Morgan fingerprint density at radius 1 is 1.10 bits per heavy atom. The molecule has 0 fully saturated rings. The second kappa shape index (κ2) is 11.5. The van der Waals surface area contributed by atoms with E-state index in [9.17, 15) is 17.8 Å². The number of carbonyl (C=O) groups is 1. The summed E-state index contributed by atoms with van der Waals surface area (Å²) in [6, 6.07) is 0. The molecule has 0 aliphatic rings. The van der Waals surface area contributed by atoms with E-state index < -0.39 is 10.1 Å². The fourth-order valence-corrected chi connectivity index (χ4v) is 2.93. The summed E-state index contributed by atoms with van der Waals surface area (Å²) >= 11 is 0. The van der Waals surface area contributed by atoms with E-state index in [1.807, 2.05) is 6.92 Å². The summed E-state index contributed by atoms with van der Waals surface area (Å²) in [6.45, 7) is 10.6. The molecule has 0 aliphatic heterocycles. The minimum atomic E-state index is -3.94. The summed E-state index contributed by atoms with van der Waals surface area (Å²) in [7, 11) is -3.71. The van der Waals surface area contributed by atoms with Crippen LogP contribution >= 0.6 is 0 Å². The third-order valence-corrected chi connectivity index (χ3v) is 6.61. The molecule has 1 unspecified atom stereocenters. The molecule has 0 aromatic heterocycles. The Balaban J connectivity index is 0. The molecule has 6 heteroatoms. The number of carbonyl (C=O) groups excluding carboxylic acids is 1. The maximum atomic E-state index is 11.5. The second-order valence-electron chi connectivity index (χ2n) is 6.15. The summed E-state index contributed by atoms with van der Waals surface area (Å²) < 4.78 is 29.8. The molecule has 0 bridgehead atoms.